The Morgan fingerprint density at radius 1 is 1.04 bits per heavy atom. The first-order valence-electron chi connectivity index (χ1n) is 8.32. The zero-order valence-electron chi connectivity index (χ0n) is 15.9. The van der Waals surface area contributed by atoms with Gasteiger partial charge in [0, 0.05) is 26.8 Å². The Morgan fingerprint density at radius 3 is 2.19 bits per heavy atom. The minimum Gasteiger partial charge on any atom is -0.378 e. The van der Waals surface area contributed by atoms with Crippen LogP contribution in [0.15, 0.2) is 58.5 Å². The Hall–Kier alpha value is -2.71. The number of hydrogen-bond donors (Lipinski definition) is 1. The smallest absolute Gasteiger partial charge is 0.255 e. The highest BCUT2D eigenvalue weighted by Crippen LogP contribution is 2.14. The van der Waals surface area contributed by atoms with Crippen LogP contribution in [0.5, 0.6) is 0 Å². The topological polar surface area (TPSA) is 82.1 Å². The van der Waals surface area contributed by atoms with Crippen LogP contribution < -0.4 is 10.3 Å². The van der Waals surface area contributed by atoms with Gasteiger partial charge in [0.25, 0.3) is 5.91 Å². The van der Waals surface area contributed by atoms with Crippen molar-refractivity contribution in [1.82, 2.24) is 9.73 Å². The van der Waals surface area contributed by atoms with E-state index in [0.717, 1.165) is 21.1 Å². The molecule has 2 aromatic carbocycles. The van der Waals surface area contributed by atoms with Crippen LogP contribution in [0, 0.1) is 6.92 Å². The summed E-state index contributed by atoms with van der Waals surface area (Å²) in [4.78, 5) is 14.1. The molecular weight excluding hydrogens is 364 g/mol. The van der Waals surface area contributed by atoms with E-state index < -0.39 is 15.9 Å². The van der Waals surface area contributed by atoms with Crippen molar-refractivity contribution in [2.24, 2.45) is 5.10 Å². The molecule has 0 radical (unpaired) electrons. The van der Waals surface area contributed by atoms with E-state index in [9.17, 15) is 13.2 Å². The normalized spacial score (nSPS) is 11.7. The van der Waals surface area contributed by atoms with Crippen LogP contribution in [0.1, 0.15) is 11.1 Å². The summed E-state index contributed by atoms with van der Waals surface area (Å²) in [5.74, 6) is -0.519. The number of hydrogen-bond acceptors (Lipinski definition) is 5. The summed E-state index contributed by atoms with van der Waals surface area (Å²) in [5.41, 5.74) is 5.18. The number of carbonyl (C=O) groups is 1. The quantitative estimate of drug-likeness (QED) is 0.580. The van der Waals surface area contributed by atoms with Gasteiger partial charge in [-0.3, -0.25) is 4.79 Å². The zero-order valence-corrected chi connectivity index (χ0v) is 16.7. The van der Waals surface area contributed by atoms with Gasteiger partial charge in [-0.1, -0.05) is 29.8 Å². The molecule has 7 nitrogen and oxygen atoms in total. The Labute approximate surface area is 160 Å². The average molecular weight is 388 g/mol. The molecule has 144 valence electrons. The van der Waals surface area contributed by atoms with Crippen LogP contribution in [0.3, 0.4) is 0 Å². The second kappa shape index (κ2) is 8.79. The fourth-order valence-electron chi connectivity index (χ4n) is 2.25. The van der Waals surface area contributed by atoms with E-state index in [1.807, 2.05) is 50.2 Å². The molecule has 2 rings (SSSR count). The van der Waals surface area contributed by atoms with Crippen LogP contribution >= 0.6 is 0 Å². The summed E-state index contributed by atoms with van der Waals surface area (Å²) in [6.07, 6.45) is 1.51. The Balaban J connectivity index is 1.93. The number of nitrogens with zero attached hydrogens (tertiary/aromatic N) is 3. The summed E-state index contributed by atoms with van der Waals surface area (Å²) in [7, 11) is 1.53. The van der Waals surface area contributed by atoms with Crippen molar-refractivity contribution in [3.63, 3.8) is 0 Å². The number of nitrogens with one attached hydrogen (secondary N) is 1. The number of likely N-dealkylation sites (N-methyl/N-ethyl adjacent to an activating group) is 1. The van der Waals surface area contributed by atoms with Gasteiger partial charge in [-0.15, -0.1) is 0 Å². The standard InChI is InChI=1S/C19H24N4O3S/c1-15-5-11-18(12-6-15)27(25,26)23(4)14-19(24)21-20-13-16-7-9-17(10-8-16)22(2)3/h5-13H,14H2,1-4H3,(H,21,24)/b20-13-. The molecule has 2 aromatic rings. The van der Waals surface area contributed by atoms with Gasteiger partial charge >= 0.3 is 0 Å². The number of amides is 1. The largest absolute Gasteiger partial charge is 0.378 e. The molecule has 1 N–H and O–H groups in total. The monoisotopic (exact) mass is 388 g/mol. The summed E-state index contributed by atoms with van der Waals surface area (Å²) in [5, 5.41) is 3.88. The van der Waals surface area contributed by atoms with E-state index in [1.165, 1.54) is 25.4 Å². The molecule has 0 saturated carbocycles. The van der Waals surface area contributed by atoms with Crippen LogP contribution in [0.25, 0.3) is 0 Å². The molecule has 0 spiro atoms. The van der Waals surface area contributed by atoms with Gasteiger partial charge in [-0.2, -0.15) is 9.41 Å². The third kappa shape index (κ3) is 5.63. The molecule has 27 heavy (non-hydrogen) atoms. The molecule has 0 aliphatic rings. The van der Waals surface area contributed by atoms with Crippen molar-refractivity contribution >= 4 is 27.8 Å². The average Bonchev–Trinajstić information content (AvgIpc) is 2.62. The number of aryl methyl sites for hydroxylation is 1. The van der Waals surface area contributed by atoms with E-state index in [2.05, 4.69) is 10.5 Å². The number of rotatable bonds is 7. The molecule has 8 heteroatoms. The molecule has 0 bridgehead atoms. The highest BCUT2D eigenvalue weighted by atomic mass is 32.2. The molecule has 0 atom stereocenters. The van der Waals surface area contributed by atoms with Crippen molar-refractivity contribution in [3.8, 4) is 0 Å². The lowest BCUT2D eigenvalue weighted by Crippen LogP contribution is -2.36. The van der Waals surface area contributed by atoms with Crippen LogP contribution in [-0.4, -0.2) is 52.5 Å². The predicted octanol–water partition coefficient (Wildman–Crippen LogP) is 1.83. The number of hydrazone groups is 1. The van der Waals surface area contributed by atoms with Gasteiger partial charge in [-0.05, 0) is 36.8 Å². The van der Waals surface area contributed by atoms with E-state index in [1.54, 1.807) is 12.1 Å². The summed E-state index contributed by atoms with van der Waals surface area (Å²) in [6.45, 7) is 1.55. The van der Waals surface area contributed by atoms with Gasteiger partial charge in [-0.25, -0.2) is 13.8 Å². The minimum atomic E-state index is -3.72. The van der Waals surface area contributed by atoms with Gasteiger partial charge in [0.2, 0.25) is 10.0 Å². The third-order valence-corrected chi connectivity index (χ3v) is 5.73. The van der Waals surface area contributed by atoms with Crippen molar-refractivity contribution in [1.29, 1.82) is 0 Å². The van der Waals surface area contributed by atoms with Crippen molar-refractivity contribution in [2.45, 2.75) is 11.8 Å². The Bertz CT molecular complexity index is 905. The van der Waals surface area contributed by atoms with E-state index in [-0.39, 0.29) is 11.4 Å². The predicted molar refractivity (Wildman–Crippen MR) is 108 cm³/mol. The van der Waals surface area contributed by atoms with E-state index in [0.29, 0.717) is 0 Å². The lowest BCUT2D eigenvalue weighted by molar-refractivity contribution is -0.121. The number of carbonyl (C=O) groups excluding carboxylic acids is 1. The SMILES string of the molecule is Cc1ccc(S(=O)(=O)N(C)CC(=O)N/N=C\c2ccc(N(C)C)cc2)cc1. The Kier molecular flexibility index (Phi) is 6.70. The molecule has 0 unspecified atom stereocenters. The third-order valence-electron chi connectivity index (χ3n) is 3.91. The molecule has 0 heterocycles. The molecule has 0 aliphatic heterocycles. The maximum absolute atomic E-state index is 12.5. The maximum Gasteiger partial charge on any atom is 0.255 e. The van der Waals surface area contributed by atoms with Gasteiger partial charge < -0.3 is 4.90 Å². The molecule has 0 saturated heterocycles. The molecular formula is C19H24N4O3S. The Morgan fingerprint density at radius 2 is 1.63 bits per heavy atom. The first-order valence-corrected chi connectivity index (χ1v) is 9.76. The molecule has 0 fully saturated rings. The minimum absolute atomic E-state index is 0.146. The van der Waals surface area contributed by atoms with Gasteiger partial charge in [0.1, 0.15) is 0 Å². The molecule has 1 amide bonds. The number of benzene rings is 2. The first-order chi connectivity index (χ1) is 12.7. The zero-order chi connectivity index (χ0) is 20.0. The second-order valence-corrected chi connectivity index (χ2v) is 8.40. The van der Waals surface area contributed by atoms with E-state index in [4.69, 9.17) is 0 Å². The summed E-state index contributed by atoms with van der Waals surface area (Å²) < 4.78 is 25.9. The van der Waals surface area contributed by atoms with Crippen LogP contribution in [-0.2, 0) is 14.8 Å². The highest BCUT2D eigenvalue weighted by molar-refractivity contribution is 7.89. The first kappa shape index (κ1) is 20.6. The van der Waals surface area contributed by atoms with Crippen molar-refractivity contribution < 1.29 is 13.2 Å². The van der Waals surface area contributed by atoms with Crippen LogP contribution in [0.2, 0.25) is 0 Å². The van der Waals surface area contributed by atoms with Gasteiger partial charge in [0.15, 0.2) is 0 Å². The lowest BCUT2D eigenvalue weighted by Gasteiger charge is -2.16. The van der Waals surface area contributed by atoms with Gasteiger partial charge in [0.05, 0.1) is 17.7 Å². The fourth-order valence-corrected chi connectivity index (χ4v) is 3.38. The van der Waals surface area contributed by atoms with Crippen LogP contribution in [0.4, 0.5) is 5.69 Å². The number of sulfonamides is 1. The summed E-state index contributed by atoms with van der Waals surface area (Å²) in [6, 6.07) is 14.1. The highest BCUT2D eigenvalue weighted by Gasteiger charge is 2.22. The number of anilines is 1. The lowest BCUT2D eigenvalue weighted by atomic mass is 10.2. The molecule has 0 aromatic heterocycles. The van der Waals surface area contributed by atoms with Crippen molar-refractivity contribution in [2.75, 3.05) is 32.6 Å². The summed E-state index contributed by atoms with van der Waals surface area (Å²) >= 11 is 0. The van der Waals surface area contributed by atoms with Crippen molar-refractivity contribution in [3.05, 3.63) is 59.7 Å². The van der Waals surface area contributed by atoms with E-state index >= 15 is 0 Å². The maximum atomic E-state index is 12.5. The molecule has 0 aliphatic carbocycles. The fraction of sp³-hybridized carbons (Fsp3) is 0.263. The second-order valence-electron chi connectivity index (χ2n) is 6.35.